The second-order valence-corrected chi connectivity index (χ2v) is 20.8. The number of hydrogen-bond acceptors (Lipinski definition) is 14. The fourth-order valence-electron chi connectivity index (χ4n) is 2.34. The zero-order valence-corrected chi connectivity index (χ0v) is 26.3. The predicted octanol–water partition coefficient (Wildman–Crippen LogP) is 7.97. The monoisotopic (exact) mass is 630 g/mol. The van der Waals surface area contributed by atoms with Crippen molar-refractivity contribution in [3.63, 3.8) is 0 Å². The minimum absolute atomic E-state index is 0.0701. The van der Waals surface area contributed by atoms with Crippen LogP contribution in [0.15, 0.2) is 0 Å². The molecule has 0 bridgehead atoms. The first-order chi connectivity index (χ1) is 13.1. The van der Waals surface area contributed by atoms with Crippen molar-refractivity contribution >= 4 is 170 Å². The molecule has 0 aliphatic carbocycles. The SMILES string of the molecule is SCSC(CC(SCS)(SCS)C1SC(SCS)CC(SCS)S1)SCS. The first kappa shape index (κ1) is 29.9. The van der Waals surface area contributed by atoms with Crippen LogP contribution in [-0.4, -0.2) is 52.9 Å². The van der Waals surface area contributed by atoms with E-state index in [1.165, 1.54) is 6.42 Å². The summed E-state index contributed by atoms with van der Waals surface area (Å²) in [5.74, 6) is 0. The molecular weight excluding hydrogens is 605 g/mol. The first-order valence-corrected chi connectivity index (χ1v) is 19.6. The fraction of sp³-hybridized carbons (Fsp3) is 1.00. The van der Waals surface area contributed by atoms with Gasteiger partial charge in [0.15, 0.2) is 0 Å². The lowest BCUT2D eigenvalue weighted by Crippen LogP contribution is -2.39. The van der Waals surface area contributed by atoms with Gasteiger partial charge in [0.25, 0.3) is 0 Å². The molecule has 0 N–H and O–H groups in total. The van der Waals surface area contributed by atoms with Gasteiger partial charge in [0.05, 0.1) is 22.4 Å². The molecule has 0 saturated carbocycles. The molecule has 0 aromatic rings. The molecule has 0 spiro atoms. The smallest absolute Gasteiger partial charge is 0.0855 e. The van der Waals surface area contributed by atoms with E-state index in [1.54, 1.807) is 0 Å². The minimum atomic E-state index is 0.0701. The Morgan fingerprint density at radius 2 is 1.22 bits per heavy atom. The molecule has 27 heavy (non-hydrogen) atoms. The molecule has 162 valence electrons. The van der Waals surface area contributed by atoms with Gasteiger partial charge in [-0.3, -0.25) is 0 Å². The summed E-state index contributed by atoms with van der Waals surface area (Å²) >= 11 is 43.0. The molecule has 0 nitrogen and oxygen atoms in total. The molecule has 1 fully saturated rings. The van der Waals surface area contributed by atoms with Crippen molar-refractivity contribution < 1.29 is 0 Å². The molecule has 1 aliphatic heterocycles. The molecule has 2 atom stereocenters. The largest absolute Gasteiger partial charge is 0.168 e. The molecule has 0 radical (unpaired) electrons. The Balaban J connectivity index is 3.08. The van der Waals surface area contributed by atoms with Crippen LogP contribution in [0.5, 0.6) is 0 Å². The van der Waals surface area contributed by atoms with Crippen LogP contribution in [0.1, 0.15) is 12.8 Å². The third-order valence-corrected chi connectivity index (χ3v) is 17.4. The van der Waals surface area contributed by atoms with Gasteiger partial charge < -0.3 is 0 Å². The summed E-state index contributed by atoms with van der Waals surface area (Å²) in [6.45, 7) is 0. The van der Waals surface area contributed by atoms with Gasteiger partial charge >= 0.3 is 0 Å². The van der Waals surface area contributed by atoms with E-state index in [4.69, 9.17) is 0 Å². The number of hydrogen-bond donors (Lipinski definition) is 6. The van der Waals surface area contributed by atoms with Gasteiger partial charge in [0.2, 0.25) is 0 Å². The number of thiol groups is 6. The molecule has 0 amide bonds. The van der Waals surface area contributed by atoms with E-state index >= 15 is 0 Å². The molecule has 1 rings (SSSR count). The molecule has 1 heterocycles. The predicted molar refractivity (Wildman–Crippen MR) is 171 cm³/mol. The second kappa shape index (κ2) is 18.3. The third kappa shape index (κ3) is 11.2. The standard InChI is InChI=1S/C13H26S14/c14-3-20-9-1-10(21-4-15)27-12(26-9)13(24-7-18,25-8-19)2-11(22-5-16)23-6-17/h9-12,14-19H,1-8H2. The quantitative estimate of drug-likeness (QED) is 0.0786. The van der Waals surface area contributed by atoms with Crippen molar-refractivity contribution in [2.24, 2.45) is 0 Å². The van der Waals surface area contributed by atoms with Crippen molar-refractivity contribution in [3.05, 3.63) is 0 Å². The Kier molecular flexibility index (Phi) is 20.2. The molecule has 0 aromatic carbocycles. The molecule has 2 unspecified atom stereocenters. The summed E-state index contributed by atoms with van der Waals surface area (Å²) in [7, 11) is 0. The lowest BCUT2D eigenvalue weighted by atomic mass is 10.3. The van der Waals surface area contributed by atoms with E-state index in [-0.39, 0.29) is 4.08 Å². The Labute approximate surface area is 232 Å². The van der Waals surface area contributed by atoms with E-state index in [0.29, 0.717) is 18.3 Å². The average Bonchev–Trinajstić information content (AvgIpc) is 2.63. The maximum Gasteiger partial charge on any atom is 0.0855 e. The molecule has 14 heteroatoms. The van der Waals surface area contributed by atoms with Gasteiger partial charge in [0, 0.05) is 30.5 Å². The average molecular weight is 631 g/mol. The second-order valence-electron chi connectivity index (χ2n) is 4.87. The van der Waals surface area contributed by atoms with Crippen LogP contribution in [-0.2, 0) is 0 Å². The van der Waals surface area contributed by atoms with E-state index < -0.39 is 0 Å². The lowest BCUT2D eigenvalue weighted by molar-refractivity contribution is 0.814. The highest BCUT2D eigenvalue weighted by molar-refractivity contribution is 8.33. The Morgan fingerprint density at radius 1 is 0.741 bits per heavy atom. The Bertz CT molecular complexity index is 345. The van der Waals surface area contributed by atoms with Crippen LogP contribution < -0.4 is 0 Å². The van der Waals surface area contributed by atoms with E-state index in [0.717, 1.165) is 36.9 Å². The van der Waals surface area contributed by atoms with Gasteiger partial charge in [-0.1, -0.05) is 0 Å². The van der Waals surface area contributed by atoms with Gasteiger partial charge in [-0.25, -0.2) is 0 Å². The topological polar surface area (TPSA) is 0 Å². The van der Waals surface area contributed by atoms with Crippen LogP contribution in [0.4, 0.5) is 0 Å². The van der Waals surface area contributed by atoms with E-state index in [1.807, 2.05) is 70.6 Å². The molecule has 1 saturated heterocycles. The molecule has 1 aliphatic rings. The molecule has 0 aromatic heterocycles. The van der Waals surface area contributed by atoms with Crippen LogP contribution >= 0.6 is 170 Å². The first-order valence-electron chi connectivity index (χ1n) is 7.79. The van der Waals surface area contributed by atoms with Crippen LogP contribution in [0.2, 0.25) is 0 Å². The van der Waals surface area contributed by atoms with E-state index in [9.17, 15) is 0 Å². The Hall–Kier alpha value is 4.90. The molecular formula is C13H26S14. The highest BCUT2D eigenvalue weighted by Crippen LogP contribution is 2.61. The van der Waals surface area contributed by atoms with Crippen molar-refractivity contribution in [2.45, 2.75) is 35.2 Å². The van der Waals surface area contributed by atoms with Crippen LogP contribution in [0, 0.1) is 0 Å². The zero-order valence-electron chi connectivity index (χ0n) is 14.4. The third-order valence-electron chi connectivity index (χ3n) is 3.41. The van der Waals surface area contributed by atoms with Gasteiger partial charge in [-0.2, -0.15) is 75.8 Å². The normalized spacial score (nSPS) is 23.9. The van der Waals surface area contributed by atoms with Crippen LogP contribution in [0.3, 0.4) is 0 Å². The summed E-state index contributed by atoms with van der Waals surface area (Å²) in [5.41, 5.74) is 0. The van der Waals surface area contributed by atoms with Gasteiger partial charge in [0.1, 0.15) is 0 Å². The highest BCUT2D eigenvalue weighted by Gasteiger charge is 2.46. The minimum Gasteiger partial charge on any atom is -0.168 e. The highest BCUT2D eigenvalue weighted by atomic mass is 32.3. The maximum atomic E-state index is 4.61. The zero-order chi connectivity index (χ0) is 20.1. The van der Waals surface area contributed by atoms with Crippen LogP contribution in [0.25, 0.3) is 0 Å². The van der Waals surface area contributed by atoms with Gasteiger partial charge in [-0.15, -0.1) is 94.1 Å². The van der Waals surface area contributed by atoms with Crippen molar-refractivity contribution in [3.8, 4) is 0 Å². The van der Waals surface area contributed by atoms with Gasteiger partial charge in [-0.05, 0) is 12.8 Å². The summed E-state index contributed by atoms with van der Waals surface area (Å²) in [4.78, 5) is 0. The number of thioether (sulfide) groups is 8. The van der Waals surface area contributed by atoms with E-state index in [2.05, 4.69) is 99.3 Å². The maximum absolute atomic E-state index is 4.61. The summed E-state index contributed by atoms with van der Waals surface area (Å²) in [5, 5.41) is 5.04. The summed E-state index contributed by atoms with van der Waals surface area (Å²) < 4.78 is 2.20. The fourth-order valence-corrected chi connectivity index (χ4v) is 19.8. The summed E-state index contributed by atoms with van der Waals surface area (Å²) in [6, 6.07) is 0. The van der Waals surface area contributed by atoms with Crippen molar-refractivity contribution in [1.82, 2.24) is 0 Å². The van der Waals surface area contributed by atoms with Crippen molar-refractivity contribution in [2.75, 3.05) is 30.5 Å². The Morgan fingerprint density at radius 3 is 1.59 bits per heavy atom. The summed E-state index contributed by atoms with van der Waals surface area (Å²) in [6.07, 6.45) is 2.30. The number of rotatable bonds is 15. The van der Waals surface area contributed by atoms with Crippen molar-refractivity contribution in [1.29, 1.82) is 0 Å². The lowest BCUT2D eigenvalue weighted by Gasteiger charge is -2.45.